The van der Waals surface area contributed by atoms with Gasteiger partial charge < -0.3 is 14.6 Å². The zero-order valence-electron chi connectivity index (χ0n) is 12.3. The van der Waals surface area contributed by atoms with E-state index in [4.69, 9.17) is 20.9 Å². The number of esters is 1. The quantitative estimate of drug-likeness (QED) is 0.837. The van der Waals surface area contributed by atoms with Crippen molar-refractivity contribution in [3.63, 3.8) is 0 Å². The number of carbonyl (C=O) groups excluding carboxylic acids is 2. The van der Waals surface area contributed by atoms with E-state index in [-0.39, 0.29) is 18.3 Å². The molecule has 1 atom stereocenters. The van der Waals surface area contributed by atoms with E-state index in [9.17, 15) is 9.59 Å². The first-order chi connectivity index (χ1) is 11.6. The average Bonchev–Trinajstić information content (AvgIpc) is 3.29. The maximum Gasteiger partial charge on any atom is 0.328 e. The Labute approximate surface area is 140 Å². The average molecular weight is 347 g/mol. The molecular weight excluding hydrogens is 336 g/mol. The number of nitrogens with one attached hydrogen (secondary N) is 1. The highest BCUT2D eigenvalue weighted by atomic mass is 35.5. The van der Waals surface area contributed by atoms with Crippen molar-refractivity contribution < 1.29 is 18.8 Å². The highest BCUT2D eigenvalue weighted by Crippen LogP contribution is 2.33. The van der Waals surface area contributed by atoms with E-state index in [0.29, 0.717) is 17.0 Å². The van der Waals surface area contributed by atoms with Gasteiger partial charge in [0, 0.05) is 24.6 Å². The molecule has 0 saturated carbocycles. The lowest BCUT2D eigenvalue weighted by Crippen LogP contribution is -2.38. The van der Waals surface area contributed by atoms with Gasteiger partial charge in [0.05, 0.1) is 22.9 Å². The summed E-state index contributed by atoms with van der Waals surface area (Å²) < 4.78 is 9.75. The Balaban J connectivity index is 1.58. The highest BCUT2D eigenvalue weighted by Gasteiger charge is 2.30. The fourth-order valence-electron chi connectivity index (χ4n) is 2.59. The lowest BCUT2D eigenvalue weighted by molar-refractivity contribution is -0.139. The molecule has 1 saturated heterocycles. The van der Waals surface area contributed by atoms with Crippen molar-refractivity contribution in [1.82, 2.24) is 20.4 Å². The van der Waals surface area contributed by atoms with Crippen molar-refractivity contribution in [2.24, 2.45) is 0 Å². The number of hydrogen-bond acceptors (Lipinski definition) is 7. The van der Waals surface area contributed by atoms with Crippen molar-refractivity contribution in [3.8, 4) is 11.4 Å². The molecule has 1 amide bonds. The second-order valence-electron chi connectivity index (χ2n) is 5.36. The Hall–Kier alpha value is -2.74. The second kappa shape index (κ2) is 5.72. The van der Waals surface area contributed by atoms with Crippen LogP contribution in [0.5, 0.6) is 0 Å². The molecule has 24 heavy (non-hydrogen) atoms. The number of carbonyl (C=O) groups is 2. The Kier molecular flexibility index (Phi) is 3.53. The summed E-state index contributed by atoms with van der Waals surface area (Å²) in [7, 11) is 0. The molecule has 1 aliphatic heterocycles. The molecule has 1 unspecified atom stereocenters. The van der Waals surface area contributed by atoms with Gasteiger partial charge in [0.25, 0.3) is 0 Å². The van der Waals surface area contributed by atoms with Crippen molar-refractivity contribution in [1.29, 1.82) is 0 Å². The van der Waals surface area contributed by atoms with Crippen molar-refractivity contribution in [2.75, 3.05) is 6.61 Å². The van der Waals surface area contributed by atoms with Crippen LogP contribution in [0.4, 0.5) is 0 Å². The topological polar surface area (TPSA) is 107 Å². The summed E-state index contributed by atoms with van der Waals surface area (Å²) in [5.41, 5.74) is 2.17. The zero-order chi connectivity index (χ0) is 16.7. The lowest BCUT2D eigenvalue weighted by atomic mass is 10.1. The van der Waals surface area contributed by atoms with Crippen LogP contribution in [-0.4, -0.2) is 39.6 Å². The van der Waals surface area contributed by atoms with Crippen LogP contribution >= 0.6 is 11.6 Å². The Bertz CT molecular complexity index is 876. The number of cyclic esters (lactones) is 1. The molecular formula is C15H11ClN4O4. The van der Waals surface area contributed by atoms with Gasteiger partial charge in [-0.3, -0.25) is 9.78 Å². The molecule has 9 heteroatoms. The van der Waals surface area contributed by atoms with E-state index in [1.807, 2.05) is 12.2 Å². The summed E-state index contributed by atoms with van der Waals surface area (Å²) in [6.07, 6.45) is 6.54. The van der Waals surface area contributed by atoms with Gasteiger partial charge in [-0.05, 0) is 0 Å². The van der Waals surface area contributed by atoms with E-state index in [0.717, 1.165) is 17.7 Å². The minimum absolute atomic E-state index is 0.162. The number of nitrogens with zero attached hydrogens (tertiary/aromatic N) is 3. The van der Waals surface area contributed by atoms with Gasteiger partial charge in [-0.1, -0.05) is 28.9 Å². The maximum absolute atomic E-state index is 12.1. The molecule has 1 aliphatic carbocycles. The number of allylic oxidation sites excluding steroid dienone is 1. The van der Waals surface area contributed by atoms with Crippen LogP contribution in [0.1, 0.15) is 28.4 Å². The third-order valence-electron chi connectivity index (χ3n) is 3.83. The molecule has 2 aromatic heterocycles. The number of halogens is 1. The first-order valence-electron chi connectivity index (χ1n) is 7.29. The summed E-state index contributed by atoms with van der Waals surface area (Å²) in [6, 6.07) is -0.691. The number of fused-ring (bicyclic) bond motifs is 1. The Morgan fingerprint density at radius 3 is 3.08 bits per heavy atom. The first kappa shape index (κ1) is 14.8. The SMILES string of the molecule is O=C(NC1CCOC1=O)c1nc(-c2cnc3c(c2Cl)C=CC3)no1. The van der Waals surface area contributed by atoms with Crippen LogP contribution in [0, 0.1) is 0 Å². The third-order valence-corrected chi connectivity index (χ3v) is 4.24. The smallest absolute Gasteiger partial charge is 0.328 e. The van der Waals surface area contributed by atoms with E-state index in [1.165, 1.54) is 0 Å². The van der Waals surface area contributed by atoms with Crippen LogP contribution in [0.2, 0.25) is 5.02 Å². The summed E-state index contributed by atoms with van der Waals surface area (Å²) in [6.45, 7) is 0.281. The van der Waals surface area contributed by atoms with Gasteiger partial charge in [0.15, 0.2) is 0 Å². The van der Waals surface area contributed by atoms with Crippen LogP contribution < -0.4 is 5.32 Å². The molecule has 8 nitrogen and oxygen atoms in total. The molecule has 0 bridgehead atoms. The Morgan fingerprint density at radius 2 is 2.29 bits per heavy atom. The van der Waals surface area contributed by atoms with E-state index in [2.05, 4.69) is 20.4 Å². The van der Waals surface area contributed by atoms with Crippen molar-refractivity contribution >= 4 is 29.6 Å². The van der Waals surface area contributed by atoms with Gasteiger partial charge in [-0.25, -0.2) is 4.79 Å². The molecule has 0 radical (unpaired) electrons. The summed E-state index contributed by atoms with van der Waals surface area (Å²) >= 11 is 6.36. The predicted molar refractivity (Wildman–Crippen MR) is 82.1 cm³/mol. The zero-order valence-corrected chi connectivity index (χ0v) is 13.0. The molecule has 2 aromatic rings. The number of pyridine rings is 1. The lowest BCUT2D eigenvalue weighted by Gasteiger charge is -2.05. The number of aromatic nitrogens is 3. The molecule has 1 N–H and O–H groups in total. The van der Waals surface area contributed by atoms with Crippen LogP contribution in [0.3, 0.4) is 0 Å². The number of hydrogen-bond donors (Lipinski definition) is 1. The second-order valence-corrected chi connectivity index (χ2v) is 5.74. The summed E-state index contributed by atoms with van der Waals surface area (Å²) in [5.74, 6) is -1.20. The normalized spacial score (nSPS) is 18.5. The maximum atomic E-state index is 12.1. The highest BCUT2D eigenvalue weighted by molar-refractivity contribution is 6.34. The van der Waals surface area contributed by atoms with Gasteiger partial charge >= 0.3 is 17.8 Å². The van der Waals surface area contributed by atoms with E-state index >= 15 is 0 Å². The monoisotopic (exact) mass is 346 g/mol. The predicted octanol–water partition coefficient (Wildman–Crippen LogP) is 1.40. The number of rotatable bonds is 3. The van der Waals surface area contributed by atoms with Crippen molar-refractivity contribution in [2.45, 2.75) is 18.9 Å². The fraction of sp³-hybridized carbons (Fsp3) is 0.267. The van der Waals surface area contributed by atoms with Gasteiger partial charge in [-0.2, -0.15) is 4.98 Å². The van der Waals surface area contributed by atoms with Crippen LogP contribution in [0.15, 0.2) is 16.8 Å². The molecule has 3 heterocycles. The van der Waals surface area contributed by atoms with Gasteiger partial charge in [-0.15, -0.1) is 0 Å². The van der Waals surface area contributed by atoms with Gasteiger partial charge in [0.1, 0.15) is 6.04 Å². The third kappa shape index (κ3) is 2.44. The van der Waals surface area contributed by atoms with Crippen LogP contribution in [0.25, 0.3) is 17.5 Å². The standard InChI is InChI=1S/C15H11ClN4O4/c16-11-7-2-1-3-9(7)17-6-8(11)12-19-14(24-20-12)13(21)18-10-4-5-23-15(10)22/h1-2,6,10H,3-5H2,(H,18,21). The molecule has 0 aromatic carbocycles. The minimum Gasteiger partial charge on any atom is -0.464 e. The van der Waals surface area contributed by atoms with Gasteiger partial charge in [0.2, 0.25) is 5.82 Å². The summed E-state index contributed by atoms with van der Waals surface area (Å²) in [5, 5.41) is 6.73. The molecule has 0 spiro atoms. The minimum atomic E-state index is -0.691. The van der Waals surface area contributed by atoms with Crippen LogP contribution in [-0.2, 0) is 16.0 Å². The molecule has 122 valence electrons. The van der Waals surface area contributed by atoms with E-state index < -0.39 is 17.9 Å². The van der Waals surface area contributed by atoms with E-state index in [1.54, 1.807) is 6.20 Å². The largest absolute Gasteiger partial charge is 0.464 e. The molecule has 1 fully saturated rings. The number of amides is 1. The van der Waals surface area contributed by atoms with Crippen molar-refractivity contribution in [3.05, 3.63) is 34.4 Å². The molecule has 2 aliphatic rings. The number of ether oxygens (including phenoxy) is 1. The summed E-state index contributed by atoms with van der Waals surface area (Å²) in [4.78, 5) is 31.8. The fourth-order valence-corrected chi connectivity index (χ4v) is 2.89. The Morgan fingerprint density at radius 1 is 1.42 bits per heavy atom. The molecule has 4 rings (SSSR count). The first-order valence-corrected chi connectivity index (χ1v) is 7.67.